The van der Waals surface area contributed by atoms with Crippen molar-refractivity contribution in [3.8, 4) is 0 Å². The van der Waals surface area contributed by atoms with Crippen LogP contribution in [-0.2, 0) is 13.6 Å². The summed E-state index contributed by atoms with van der Waals surface area (Å²) in [6.07, 6.45) is 0. The largest absolute Gasteiger partial charge is 0.359 e. The third-order valence-electron chi connectivity index (χ3n) is 3.11. The van der Waals surface area contributed by atoms with Gasteiger partial charge in [-0.25, -0.2) is 0 Å². The number of nitrogens with one attached hydrogen (secondary N) is 1. The van der Waals surface area contributed by atoms with Crippen LogP contribution in [0.3, 0.4) is 0 Å². The molecule has 1 aromatic rings. The molecule has 0 atom stereocenters. The maximum absolute atomic E-state index is 4.58. The highest BCUT2D eigenvalue weighted by Gasteiger charge is 2.19. The lowest BCUT2D eigenvalue weighted by molar-refractivity contribution is 0.423. The second kappa shape index (κ2) is 5.95. The summed E-state index contributed by atoms with van der Waals surface area (Å²) in [5, 5.41) is 8.14. The first-order valence-electron chi connectivity index (χ1n) is 7.10. The Hall–Kier alpha value is -1.03. The van der Waals surface area contributed by atoms with Gasteiger partial charge in [-0.1, -0.05) is 13.8 Å². The normalized spacial score (nSPS) is 12.3. The first-order valence-corrected chi connectivity index (χ1v) is 7.10. The average Bonchev–Trinajstić information content (AvgIpc) is 2.48. The van der Waals surface area contributed by atoms with Crippen LogP contribution in [0.2, 0.25) is 0 Å². The van der Waals surface area contributed by atoms with E-state index in [-0.39, 0.29) is 5.54 Å². The molecular weight excluding hydrogens is 236 g/mol. The third-order valence-corrected chi connectivity index (χ3v) is 3.11. The smallest absolute Gasteiger partial charge is 0.131 e. The third kappa shape index (κ3) is 4.53. The summed E-state index contributed by atoms with van der Waals surface area (Å²) >= 11 is 0. The topological polar surface area (TPSA) is 33.1 Å². The SMILES string of the molecule is Cc1nn(C)c(N(C)CC(C)C)c1CNC(C)(C)C. The van der Waals surface area contributed by atoms with E-state index in [9.17, 15) is 0 Å². The Bertz CT molecular complexity index is 413. The lowest BCUT2D eigenvalue weighted by atomic mass is 10.1. The van der Waals surface area contributed by atoms with Gasteiger partial charge in [0.15, 0.2) is 0 Å². The molecule has 0 aliphatic carbocycles. The second-order valence-corrected chi connectivity index (χ2v) is 6.89. The van der Waals surface area contributed by atoms with Crippen molar-refractivity contribution in [2.75, 3.05) is 18.5 Å². The van der Waals surface area contributed by atoms with Gasteiger partial charge in [-0.2, -0.15) is 5.10 Å². The number of nitrogens with zero attached hydrogens (tertiary/aromatic N) is 3. The van der Waals surface area contributed by atoms with E-state index in [1.165, 1.54) is 11.4 Å². The van der Waals surface area contributed by atoms with Crippen LogP contribution in [0.15, 0.2) is 0 Å². The van der Waals surface area contributed by atoms with Gasteiger partial charge in [0.2, 0.25) is 0 Å². The minimum Gasteiger partial charge on any atom is -0.359 e. The van der Waals surface area contributed by atoms with Gasteiger partial charge < -0.3 is 10.2 Å². The van der Waals surface area contributed by atoms with Crippen molar-refractivity contribution >= 4 is 5.82 Å². The summed E-state index contributed by atoms with van der Waals surface area (Å²) in [6, 6.07) is 0. The van der Waals surface area contributed by atoms with Gasteiger partial charge in [-0.05, 0) is 33.6 Å². The molecule has 0 saturated heterocycles. The van der Waals surface area contributed by atoms with Gasteiger partial charge in [0.1, 0.15) is 5.82 Å². The van der Waals surface area contributed by atoms with Crippen LogP contribution in [0.4, 0.5) is 5.82 Å². The quantitative estimate of drug-likeness (QED) is 0.889. The first kappa shape index (κ1) is 16.0. The van der Waals surface area contributed by atoms with Crippen molar-refractivity contribution in [3.63, 3.8) is 0 Å². The molecule has 0 fully saturated rings. The molecule has 4 heteroatoms. The van der Waals surface area contributed by atoms with Crippen molar-refractivity contribution < 1.29 is 0 Å². The van der Waals surface area contributed by atoms with Crippen molar-refractivity contribution in [1.82, 2.24) is 15.1 Å². The predicted molar refractivity (Wildman–Crippen MR) is 82.6 cm³/mol. The fourth-order valence-corrected chi connectivity index (χ4v) is 2.36. The number of rotatable bonds is 5. The van der Waals surface area contributed by atoms with Gasteiger partial charge in [0, 0.05) is 38.3 Å². The molecule has 1 N–H and O–H groups in total. The highest BCUT2D eigenvalue weighted by atomic mass is 15.4. The van der Waals surface area contributed by atoms with Crippen LogP contribution in [0.25, 0.3) is 0 Å². The summed E-state index contributed by atoms with van der Waals surface area (Å²) in [5.74, 6) is 1.87. The molecule has 0 spiro atoms. The molecule has 110 valence electrons. The minimum atomic E-state index is 0.121. The Labute approximate surface area is 118 Å². The molecule has 0 amide bonds. The molecule has 1 heterocycles. The molecule has 0 saturated carbocycles. The maximum Gasteiger partial charge on any atom is 0.131 e. The van der Waals surface area contributed by atoms with Gasteiger partial charge in [-0.3, -0.25) is 4.68 Å². The zero-order chi connectivity index (χ0) is 14.8. The molecule has 0 radical (unpaired) electrons. The van der Waals surface area contributed by atoms with E-state index in [1.54, 1.807) is 0 Å². The molecule has 0 aliphatic rings. The monoisotopic (exact) mass is 266 g/mol. The summed E-state index contributed by atoms with van der Waals surface area (Å²) in [6.45, 7) is 15.1. The fourth-order valence-electron chi connectivity index (χ4n) is 2.36. The predicted octanol–water partition coefficient (Wildman–Crippen LogP) is 2.71. The zero-order valence-corrected chi connectivity index (χ0v) is 13.8. The fraction of sp³-hybridized carbons (Fsp3) is 0.800. The number of aryl methyl sites for hydroxylation is 2. The van der Waals surface area contributed by atoms with E-state index in [0.717, 1.165) is 18.8 Å². The Kier molecular flexibility index (Phi) is 5.02. The Morgan fingerprint density at radius 1 is 1.32 bits per heavy atom. The molecule has 0 unspecified atom stereocenters. The van der Waals surface area contributed by atoms with E-state index in [4.69, 9.17) is 0 Å². The highest BCUT2D eigenvalue weighted by Crippen LogP contribution is 2.23. The zero-order valence-electron chi connectivity index (χ0n) is 13.8. The molecule has 19 heavy (non-hydrogen) atoms. The van der Waals surface area contributed by atoms with Crippen LogP contribution >= 0.6 is 0 Å². The van der Waals surface area contributed by atoms with Crippen molar-refractivity contribution in [2.45, 2.75) is 53.6 Å². The molecule has 0 aromatic carbocycles. The number of hydrogen-bond acceptors (Lipinski definition) is 3. The number of aromatic nitrogens is 2. The second-order valence-electron chi connectivity index (χ2n) is 6.89. The number of hydrogen-bond donors (Lipinski definition) is 1. The number of anilines is 1. The Morgan fingerprint density at radius 3 is 2.37 bits per heavy atom. The molecule has 1 aromatic heterocycles. The standard InChI is InChI=1S/C15H30N4/c1-11(2)10-18(7)14-13(9-16-15(4,5)6)12(3)17-19(14)8/h11,16H,9-10H2,1-8H3. The molecule has 4 nitrogen and oxygen atoms in total. The summed E-state index contributed by atoms with van der Waals surface area (Å²) in [5.41, 5.74) is 2.54. The van der Waals surface area contributed by atoms with Crippen LogP contribution in [0.1, 0.15) is 45.9 Å². The summed E-state index contributed by atoms with van der Waals surface area (Å²) in [4.78, 5) is 2.31. The van der Waals surface area contributed by atoms with Crippen LogP contribution < -0.4 is 10.2 Å². The van der Waals surface area contributed by atoms with E-state index >= 15 is 0 Å². The van der Waals surface area contributed by atoms with Gasteiger partial charge in [-0.15, -0.1) is 0 Å². The maximum atomic E-state index is 4.58. The van der Waals surface area contributed by atoms with E-state index in [1.807, 2.05) is 11.7 Å². The van der Waals surface area contributed by atoms with Gasteiger partial charge in [0.05, 0.1) is 5.69 Å². The lowest BCUT2D eigenvalue weighted by Crippen LogP contribution is -2.36. The minimum absolute atomic E-state index is 0.121. The lowest BCUT2D eigenvalue weighted by Gasteiger charge is -2.25. The first-order chi connectivity index (χ1) is 8.61. The summed E-state index contributed by atoms with van der Waals surface area (Å²) < 4.78 is 2.00. The molecular formula is C15H30N4. The molecule has 0 bridgehead atoms. The van der Waals surface area contributed by atoms with Gasteiger partial charge in [0.25, 0.3) is 0 Å². The molecule has 1 rings (SSSR count). The summed E-state index contributed by atoms with van der Waals surface area (Å²) in [7, 11) is 4.18. The highest BCUT2D eigenvalue weighted by molar-refractivity contribution is 5.49. The van der Waals surface area contributed by atoms with E-state index in [0.29, 0.717) is 5.92 Å². The Balaban J connectivity index is 2.97. The molecule has 0 aliphatic heterocycles. The van der Waals surface area contributed by atoms with E-state index < -0.39 is 0 Å². The average molecular weight is 266 g/mol. The Morgan fingerprint density at radius 2 is 1.89 bits per heavy atom. The van der Waals surface area contributed by atoms with Crippen LogP contribution in [0, 0.1) is 12.8 Å². The van der Waals surface area contributed by atoms with Crippen molar-refractivity contribution in [1.29, 1.82) is 0 Å². The van der Waals surface area contributed by atoms with Crippen molar-refractivity contribution in [2.24, 2.45) is 13.0 Å². The van der Waals surface area contributed by atoms with Crippen molar-refractivity contribution in [3.05, 3.63) is 11.3 Å². The van der Waals surface area contributed by atoms with Crippen LogP contribution in [0.5, 0.6) is 0 Å². The van der Waals surface area contributed by atoms with E-state index in [2.05, 4.69) is 63.9 Å². The van der Waals surface area contributed by atoms with Crippen LogP contribution in [-0.4, -0.2) is 28.9 Å². The van der Waals surface area contributed by atoms with Gasteiger partial charge >= 0.3 is 0 Å².